The Kier molecular flexibility index (Phi) is 4.54. The number of halogens is 2. The molecule has 112 valence electrons. The average Bonchev–Trinajstić information content (AvgIpc) is 2.47. The van der Waals surface area contributed by atoms with E-state index in [0.29, 0.717) is 16.0 Å². The molecule has 0 spiro atoms. The maximum atomic E-state index is 13.1. The fraction of sp³-hybridized carbons (Fsp3) is 0.250. The van der Waals surface area contributed by atoms with E-state index < -0.39 is 5.54 Å². The van der Waals surface area contributed by atoms with Gasteiger partial charge in [-0.1, -0.05) is 12.1 Å². The van der Waals surface area contributed by atoms with E-state index in [-0.39, 0.29) is 5.82 Å². The summed E-state index contributed by atoms with van der Waals surface area (Å²) in [6, 6.07) is 9.80. The molecule has 21 heavy (non-hydrogen) atoms. The zero-order valence-electron chi connectivity index (χ0n) is 12.1. The highest BCUT2D eigenvalue weighted by Crippen LogP contribution is 2.42. The zero-order valence-corrected chi connectivity index (χ0v) is 13.7. The lowest BCUT2D eigenvalue weighted by atomic mass is 9.85. The summed E-state index contributed by atoms with van der Waals surface area (Å²) in [6.07, 6.45) is 0. The van der Waals surface area contributed by atoms with Gasteiger partial charge in [0.25, 0.3) is 0 Å². The lowest BCUT2D eigenvalue weighted by molar-refractivity contribution is 0.379. The number of nitrogens with two attached hydrogens (primary N) is 1. The molecule has 0 heterocycles. The Morgan fingerprint density at radius 1 is 1.05 bits per heavy atom. The summed E-state index contributed by atoms with van der Waals surface area (Å²) >= 11 is 3.46. The van der Waals surface area contributed by atoms with E-state index in [1.807, 2.05) is 19.1 Å². The Hall–Kier alpha value is -1.59. The third-order valence-corrected chi connectivity index (χ3v) is 4.24. The van der Waals surface area contributed by atoms with Crippen LogP contribution in [-0.4, -0.2) is 14.2 Å². The first-order valence-electron chi connectivity index (χ1n) is 6.37. The molecule has 0 radical (unpaired) electrons. The molecular weight excluding hydrogens is 337 g/mol. The minimum atomic E-state index is -0.826. The average molecular weight is 354 g/mol. The number of hydrogen-bond acceptors (Lipinski definition) is 3. The third-order valence-electron chi connectivity index (χ3n) is 3.49. The highest BCUT2D eigenvalue weighted by atomic mass is 79.9. The van der Waals surface area contributed by atoms with Crippen molar-refractivity contribution >= 4 is 15.9 Å². The first kappa shape index (κ1) is 15.8. The van der Waals surface area contributed by atoms with Gasteiger partial charge in [-0.05, 0) is 52.7 Å². The molecule has 3 nitrogen and oxygen atoms in total. The summed E-state index contributed by atoms with van der Waals surface area (Å²) in [5.74, 6) is 0.964. The predicted octanol–water partition coefficient (Wildman–Crippen LogP) is 3.83. The molecule has 2 rings (SSSR count). The fourth-order valence-electron chi connectivity index (χ4n) is 2.26. The van der Waals surface area contributed by atoms with Crippen molar-refractivity contribution in [1.82, 2.24) is 0 Å². The molecule has 1 atom stereocenters. The summed E-state index contributed by atoms with van der Waals surface area (Å²) in [5, 5.41) is 0. The number of ether oxygens (including phenoxy) is 2. The molecule has 2 aromatic rings. The number of benzene rings is 2. The van der Waals surface area contributed by atoms with Crippen LogP contribution >= 0.6 is 15.9 Å². The van der Waals surface area contributed by atoms with Crippen LogP contribution in [-0.2, 0) is 5.54 Å². The molecule has 0 saturated carbocycles. The molecule has 0 amide bonds. The van der Waals surface area contributed by atoms with E-state index in [1.165, 1.54) is 12.1 Å². The Morgan fingerprint density at radius 2 is 1.67 bits per heavy atom. The van der Waals surface area contributed by atoms with Crippen molar-refractivity contribution in [1.29, 1.82) is 0 Å². The van der Waals surface area contributed by atoms with Crippen molar-refractivity contribution in [3.8, 4) is 11.5 Å². The van der Waals surface area contributed by atoms with Crippen LogP contribution in [0.5, 0.6) is 11.5 Å². The molecule has 0 aliphatic heterocycles. The van der Waals surface area contributed by atoms with E-state index in [4.69, 9.17) is 15.2 Å². The Bertz CT molecular complexity index is 641. The van der Waals surface area contributed by atoms with Crippen LogP contribution in [0.2, 0.25) is 0 Å². The van der Waals surface area contributed by atoms with E-state index in [1.54, 1.807) is 26.4 Å². The lowest BCUT2D eigenvalue weighted by Gasteiger charge is -2.28. The number of methoxy groups -OCH3 is 2. The standard InChI is InChI=1S/C16H17BrFNO2/c1-16(19,10-4-6-11(18)7-5-10)12-8-9-13(20-2)14(17)15(12)21-3/h4-9H,19H2,1-3H3. The summed E-state index contributed by atoms with van der Waals surface area (Å²) in [4.78, 5) is 0. The summed E-state index contributed by atoms with van der Waals surface area (Å²) in [5.41, 5.74) is 7.23. The summed E-state index contributed by atoms with van der Waals surface area (Å²) < 4.78 is 24.5. The molecule has 0 fully saturated rings. The van der Waals surface area contributed by atoms with E-state index >= 15 is 0 Å². The van der Waals surface area contributed by atoms with Crippen LogP contribution in [0, 0.1) is 5.82 Å². The van der Waals surface area contributed by atoms with Gasteiger partial charge >= 0.3 is 0 Å². The van der Waals surface area contributed by atoms with Crippen molar-refractivity contribution in [3.05, 3.63) is 57.8 Å². The van der Waals surface area contributed by atoms with Crippen molar-refractivity contribution in [2.45, 2.75) is 12.5 Å². The highest BCUT2D eigenvalue weighted by molar-refractivity contribution is 9.10. The van der Waals surface area contributed by atoms with Crippen LogP contribution in [0.1, 0.15) is 18.1 Å². The molecule has 0 saturated heterocycles. The van der Waals surface area contributed by atoms with Crippen LogP contribution < -0.4 is 15.2 Å². The van der Waals surface area contributed by atoms with E-state index in [9.17, 15) is 4.39 Å². The van der Waals surface area contributed by atoms with Gasteiger partial charge in [-0.25, -0.2) is 4.39 Å². The second-order valence-corrected chi connectivity index (χ2v) is 5.66. The van der Waals surface area contributed by atoms with Gasteiger partial charge in [0.1, 0.15) is 21.8 Å². The lowest BCUT2D eigenvalue weighted by Crippen LogP contribution is -2.34. The van der Waals surface area contributed by atoms with Crippen LogP contribution in [0.4, 0.5) is 4.39 Å². The second-order valence-electron chi connectivity index (χ2n) is 4.87. The van der Waals surface area contributed by atoms with Gasteiger partial charge in [-0.3, -0.25) is 0 Å². The number of hydrogen-bond donors (Lipinski definition) is 1. The van der Waals surface area contributed by atoms with Gasteiger partial charge < -0.3 is 15.2 Å². The zero-order chi connectivity index (χ0) is 15.6. The van der Waals surface area contributed by atoms with Gasteiger partial charge in [-0.2, -0.15) is 0 Å². The number of rotatable bonds is 4. The van der Waals surface area contributed by atoms with Crippen LogP contribution in [0.15, 0.2) is 40.9 Å². The molecule has 0 aliphatic carbocycles. The van der Waals surface area contributed by atoms with Gasteiger partial charge in [0, 0.05) is 5.56 Å². The summed E-state index contributed by atoms with van der Waals surface area (Å²) in [6.45, 7) is 1.86. The molecule has 2 N–H and O–H groups in total. The molecule has 1 unspecified atom stereocenters. The van der Waals surface area contributed by atoms with Gasteiger partial charge in [0.05, 0.1) is 19.8 Å². The first-order valence-corrected chi connectivity index (χ1v) is 7.17. The third kappa shape index (κ3) is 2.89. The smallest absolute Gasteiger partial charge is 0.142 e. The predicted molar refractivity (Wildman–Crippen MR) is 84.3 cm³/mol. The minimum absolute atomic E-state index is 0.294. The van der Waals surface area contributed by atoms with Gasteiger partial charge in [0.15, 0.2) is 0 Å². The molecule has 5 heteroatoms. The Balaban J connectivity index is 2.59. The largest absolute Gasteiger partial charge is 0.495 e. The molecule has 0 aromatic heterocycles. The van der Waals surface area contributed by atoms with Gasteiger partial charge in [-0.15, -0.1) is 0 Å². The maximum absolute atomic E-state index is 13.1. The van der Waals surface area contributed by atoms with Crippen LogP contribution in [0.3, 0.4) is 0 Å². The first-order chi connectivity index (χ1) is 9.91. The monoisotopic (exact) mass is 353 g/mol. The molecule has 2 aromatic carbocycles. The Morgan fingerprint density at radius 3 is 2.19 bits per heavy atom. The normalized spacial score (nSPS) is 13.6. The molecule has 0 aliphatic rings. The SMILES string of the molecule is COc1ccc(C(C)(N)c2ccc(F)cc2)c(OC)c1Br. The van der Waals surface area contributed by atoms with E-state index in [2.05, 4.69) is 15.9 Å². The van der Waals surface area contributed by atoms with Crippen molar-refractivity contribution in [2.75, 3.05) is 14.2 Å². The quantitative estimate of drug-likeness (QED) is 0.908. The van der Waals surface area contributed by atoms with Crippen molar-refractivity contribution in [3.63, 3.8) is 0 Å². The van der Waals surface area contributed by atoms with Crippen molar-refractivity contribution in [2.24, 2.45) is 5.73 Å². The second kappa shape index (κ2) is 6.03. The Labute approximate surface area is 132 Å². The van der Waals surface area contributed by atoms with Crippen LogP contribution in [0.25, 0.3) is 0 Å². The maximum Gasteiger partial charge on any atom is 0.142 e. The highest BCUT2D eigenvalue weighted by Gasteiger charge is 2.29. The van der Waals surface area contributed by atoms with E-state index in [0.717, 1.165) is 11.1 Å². The topological polar surface area (TPSA) is 44.5 Å². The summed E-state index contributed by atoms with van der Waals surface area (Å²) in [7, 11) is 3.16. The molecule has 0 bridgehead atoms. The molecular formula is C16H17BrFNO2. The fourth-order valence-corrected chi connectivity index (χ4v) is 2.93. The van der Waals surface area contributed by atoms with Gasteiger partial charge in [0.2, 0.25) is 0 Å². The minimum Gasteiger partial charge on any atom is -0.495 e. The van der Waals surface area contributed by atoms with Crippen molar-refractivity contribution < 1.29 is 13.9 Å².